The lowest BCUT2D eigenvalue weighted by Gasteiger charge is -2.20. The Labute approximate surface area is 263 Å². The van der Waals surface area contributed by atoms with Crippen LogP contribution in [0.5, 0.6) is 0 Å². The third kappa shape index (κ3) is 9.65. The number of benzene rings is 1. The van der Waals surface area contributed by atoms with E-state index in [-0.39, 0.29) is 12.4 Å². The highest BCUT2D eigenvalue weighted by molar-refractivity contribution is 5.85. The van der Waals surface area contributed by atoms with Crippen molar-refractivity contribution in [3.8, 4) is 22.8 Å². The number of hydrogen-bond acceptors (Lipinski definition) is 6. The van der Waals surface area contributed by atoms with Gasteiger partial charge in [0.25, 0.3) is 0 Å². The van der Waals surface area contributed by atoms with Gasteiger partial charge in [0, 0.05) is 31.0 Å². The zero-order valence-corrected chi connectivity index (χ0v) is 26.3. The summed E-state index contributed by atoms with van der Waals surface area (Å²) < 4.78 is 6.24. The molecule has 0 saturated carbocycles. The standard InChI is InChI=1S/C36H45N5O.ClH/c1-2-3-4-5-6-7-13-28-17-19-29(20-18-28)31-21-24-39-35(31)27-42-25-12-14-30-26-34(32-15-8-10-22-37-32)40-41-36(30)33-16-9-11-23-38-33;/h8-11,15-20,22-23,26,31,35,39H,2-7,12-14,21,24-25,27H2,1H3;1H/t31-,35-;/m1./s1. The molecule has 0 radical (unpaired) electrons. The van der Waals surface area contributed by atoms with Crippen LogP contribution in [0.1, 0.15) is 80.9 Å². The van der Waals surface area contributed by atoms with Crippen molar-refractivity contribution in [1.82, 2.24) is 25.5 Å². The van der Waals surface area contributed by atoms with E-state index in [0.717, 1.165) is 60.8 Å². The highest BCUT2D eigenvalue weighted by atomic mass is 35.5. The molecule has 0 spiro atoms. The second-order valence-corrected chi connectivity index (χ2v) is 11.4. The minimum absolute atomic E-state index is 0. The van der Waals surface area contributed by atoms with Crippen LogP contribution in [-0.4, -0.2) is 46.0 Å². The second kappa shape index (κ2) is 17.8. The molecule has 3 aromatic heterocycles. The lowest BCUT2D eigenvalue weighted by atomic mass is 9.91. The van der Waals surface area contributed by atoms with E-state index in [1.807, 2.05) is 36.4 Å². The van der Waals surface area contributed by atoms with E-state index in [2.05, 4.69) is 62.7 Å². The van der Waals surface area contributed by atoms with Crippen molar-refractivity contribution in [3.63, 3.8) is 0 Å². The van der Waals surface area contributed by atoms with Crippen molar-refractivity contribution in [2.24, 2.45) is 0 Å². The lowest BCUT2D eigenvalue weighted by Crippen LogP contribution is -2.31. The molecule has 0 amide bonds. The molecule has 1 N–H and O–H groups in total. The van der Waals surface area contributed by atoms with E-state index in [4.69, 9.17) is 4.74 Å². The zero-order valence-electron chi connectivity index (χ0n) is 25.5. The summed E-state index contributed by atoms with van der Waals surface area (Å²) in [6, 6.07) is 23.6. The summed E-state index contributed by atoms with van der Waals surface area (Å²) in [5.74, 6) is 0.508. The highest BCUT2D eigenvalue weighted by Gasteiger charge is 2.28. The molecular formula is C36H46ClN5O. The molecule has 228 valence electrons. The summed E-state index contributed by atoms with van der Waals surface area (Å²) in [7, 11) is 0. The average molecular weight is 600 g/mol. The third-order valence-electron chi connectivity index (χ3n) is 8.31. The van der Waals surface area contributed by atoms with E-state index in [1.165, 1.54) is 56.1 Å². The molecular weight excluding hydrogens is 554 g/mol. The Bertz CT molecular complexity index is 1340. The normalized spacial score (nSPS) is 16.2. The number of rotatable bonds is 16. The van der Waals surface area contributed by atoms with Crippen LogP contribution in [0.3, 0.4) is 0 Å². The number of ether oxygens (including phenoxy) is 1. The Morgan fingerprint density at radius 2 is 1.51 bits per heavy atom. The number of aromatic nitrogens is 4. The predicted octanol–water partition coefficient (Wildman–Crippen LogP) is 8.02. The Kier molecular flexibility index (Phi) is 13.6. The fraction of sp³-hybridized carbons (Fsp3) is 0.444. The van der Waals surface area contributed by atoms with Crippen molar-refractivity contribution in [3.05, 3.63) is 95.8 Å². The van der Waals surface area contributed by atoms with Crippen LogP contribution in [0.2, 0.25) is 0 Å². The molecule has 6 nitrogen and oxygen atoms in total. The van der Waals surface area contributed by atoms with Crippen molar-refractivity contribution >= 4 is 12.4 Å². The summed E-state index contributed by atoms with van der Waals surface area (Å²) in [5.41, 5.74) is 7.29. The SMILES string of the molecule is CCCCCCCCc1ccc([C@H]2CCN[C@@H]2COCCCc2cc(-c3ccccn3)nnc2-c2ccccn2)cc1.Cl. The number of halogens is 1. The number of hydrogen-bond donors (Lipinski definition) is 1. The minimum atomic E-state index is 0. The Morgan fingerprint density at radius 3 is 2.26 bits per heavy atom. The van der Waals surface area contributed by atoms with Gasteiger partial charge in [-0.15, -0.1) is 22.6 Å². The van der Waals surface area contributed by atoms with Crippen LogP contribution in [0, 0.1) is 0 Å². The fourth-order valence-corrected chi connectivity index (χ4v) is 5.94. The molecule has 0 aliphatic carbocycles. The lowest BCUT2D eigenvalue weighted by molar-refractivity contribution is 0.110. The topological polar surface area (TPSA) is 72.8 Å². The predicted molar refractivity (Wildman–Crippen MR) is 178 cm³/mol. The van der Waals surface area contributed by atoms with Gasteiger partial charge in [0.1, 0.15) is 11.4 Å². The molecule has 1 aliphatic rings. The molecule has 1 fully saturated rings. The summed E-state index contributed by atoms with van der Waals surface area (Å²) in [6.45, 7) is 4.75. The van der Waals surface area contributed by atoms with Gasteiger partial charge in [-0.1, -0.05) is 75.4 Å². The van der Waals surface area contributed by atoms with Gasteiger partial charge in [0.2, 0.25) is 0 Å². The van der Waals surface area contributed by atoms with Crippen LogP contribution < -0.4 is 5.32 Å². The molecule has 4 aromatic rings. The first-order valence-corrected chi connectivity index (χ1v) is 15.9. The number of pyridine rings is 2. The number of unbranched alkanes of at least 4 members (excludes halogenated alkanes) is 5. The summed E-state index contributed by atoms with van der Waals surface area (Å²) in [4.78, 5) is 8.98. The fourth-order valence-electron chi connectivity index (χ4n) is 5.94. The van der Waals surface area contributed by atoms with Gasteiger partial charge >= 0.3 is 0 Å². The monoisotopic (exact) mass is 599 g/mol. The van der Waals surface area contributed by atoms with Crippen LogP contribution in [0.4, 0.5) is 0 Å². The summed E-state index contributed by atoms with van der Waals surface area (Å²) in [5, 5.41) is 12.7. The molecule has 1 aromatic carbocycles. The van der Waals surface area contributed by atoms with Gasteiger partial charge in [0.05, 0.1) is 18.0 Å². The van der Waals surface area contributed by atoms with Crippen molar-refractivity contribution in [2.75, 3.05) is 19.8 Å². The van der Waals surface area contributed by atoms with Crippen molar-refractivity contribution in [2.45, 2.75) is 83.1 Å². The quantitative estimate of drug-likeness (QED) is 0.131. The largest absolute Gasteiger partial charge is 0.380 e. The number of nitrogens with zero attached hydrogens (tertiary/aromatic N) is 4. The minimum Gasteiger partial charge on any atom is -0.380 e. The summed E-state index contributed by atoms with van der Waals surface area (Å²) in [6.07, 6.45) is 15.8. The Balaban J connectivity index is 0.00000423. The first kappa shape index (κ1) is 32.7. The van der Waals surface area contributed by atoms with Gasteiger partial charge in [-0.25, -0.2) is 0 Å². The smallest absolute Gasteiger partial charge is 0.115 e. The first-order chi connectivity index (χ1) is 20.8. The highest BCUT2D eigenvalue weighted by Crippen LogP contribution is 2.29. The average Bonchev–Trinajstić information content (AvgIpc) is 3.52. The van der Waals surface area contributed by atoms with Gasteiger partial charge in [0.15, 0.2) is 0 Å². The molecule has 0 unspecified atom stereocenters. The van der Waals surface area contributed by atoms with Crippen LogP contribution in [0.25, 0.3) is 22.8 Å². The third-order valence-corrected chi connectivity index (χ3v) is 8.31. The maximum atomic E-state index is 6.24. The maximum absolute atomic E-state index is 6.24. The Hall–Kier alpha value is -3.19. The van der Waals surface area contributed by atoms with Gasteiger partial charge in [-0.3, -0.25) is 9.97 Å². The molecule has 4 heterocycles. The molecule has 0 bridgehead atoms. The first-order valence-electron chi connectivity index (χ1n) is 15.9. The van der Waals surface area contributed by atoms with Crippen molar-refractivity contribution < 1.29 is 4.74 Å². The summed E-state index contributed by atoms with van der Waals surface area (Å²) >= 11 is 0. The molecule has 1 saturated heterocycles. The van der Waals surface area contributed by atoms with Gasteiger partial charge in [-0.05, 0) is 85.7 Å². The van der Waals surface area contributed by atoms with Crippen LogP contribution in [-0.2, 0) is 17.6 Å². The molecule has 5 rings (SSSR count). The van der Waals surface area contributed by atoms with E-state index in [0.29, 0.717) is 18.6 Å². The molecule has 1 aliphatic heterocycles. The zero-order chi connectivity index (χ0) is 28.8. The second-order valence-electron chi connectivity index (χ2n) is 11.4. The molecule has 43 heavy (non-hydrogen) atoms. The van der Waals surface area contributed by atoms with E-state index in [1.54, 1.807) is 12.4 Å². The van der Waals surface area contributed by atoms with E-state index in [9.17, 15) is 0 Å². The molecule has 7 heteroatoms. The van der Waals surface area contributed by atoms with Crippen LogP contribution in [0.15, 0.2) is 79.1 Å². The van der Waals surface area contributed by atoms with Gasteiger partial charge < -0.3 is 10.1 Å². The molecule has 2 atom stereocenters. The Morgan fingerprint density at radius 1 is 0.767 bits per heavy atom. The number of nitrogens with one attached hydrogen (secondary N) is 1. The van der Waals surface area contributed by atoms with Crippen molar-refractivity contribution in [1.29, 1.82) is 0 Å². The van der Waals surface area contributed by atoms with E-state index < -0.39 is 0 Å². The number of aryl methyl sites for hydroxylation is 2. The van der Waals surface area contributed by atoms with Crippen LogP contribution >= 0.6 is 12.4 Å². The van der Waals surface area contributed by atoms with E-state index >= 15 is 0 Å². The van der Waals surface area contributed by atoms with Gasteiger partial charge in [-0.2, -0.15) is 0 Å². The maximum Gasteiger partial charge on any atom is 0.115 e.